The first kappa shape index (κ1) is 20.4. The van der Waals surface area contributed by atoms with E-state index in [4.69, 9.17) is 17.0 Å². The number of nitrogens with zero attached hydrogens (tertiary/aromatic N) is 1. The topological polar surface area (TPSA) is 53.6 Å². The Balaban J connectivity index is 1.51. The van der Waals surface area contributed by atoms with Gasteiger partial charge in [0, 0.05) is 31.0 Å². The molecule has 0 fully saturated rings. The number of hydrogen-bond donors (Lipinski definition) is 2. The predicted molar refractivity (Wildman–Crippen MR) is 122 cm³/mol. The third-order valence-corrected chi connectivity index (χ3v) is 4.44. The Morgan fingerprint density at radius 2 is 1.59 bits per heavy atom. The van der Waals surface area contributed by atoms with E-state index in [2.05, 4.69) is 10.6 Å². The molecule has 6 heteroatoms. The summed E-state index contributed by atoms with van der Waals surface area (Å²) in [6, 6.07) is 24.7. The van der Waals surface area contributed by atoms with Gasteiger partial charge < -0.3 is 15.0 Å². The van der Waals surface area contributed by atoms with Crippen LogP contribution in [0.4, 0.5) is 11.4 Å². The molecule has 0 radical (unpaired) electrons. The van der Waals surface area contributed by atoms with E-state index in [-0.39, 0.29) is 11.0 Å². The molecule has 3 aromatic carbocycles. The van der Waals surface area contributed by atoms with Gasteiger partial charge in [0.05, 0.1) is 0 Å². The SMILES string of the molecule is CN(C)c1ccc(NC(=S)NC(=O)c2ccc(OCc3ccccc3)cc2)cc1. The average Bonchev–Trinajstić information content (AvgIpc) is 2.73. The molecule has 1 amide bonds. The molecule has 0 spiro atoms. The summed E-state index contributed by atoms with van der Waals surface area (Å²) in [5.41, 5.74) is 3.49. The second-order valence-corrected chi connectivity index (χ2v) is 7.06. The van der Waals surface area contributed by atoms with Gasteiger partial charge in [0.2, 0.25) is 0 Å². The van der Waals surface area contributed by atoms with Crippen LogP contribution >= 0.6 is 12.2 Å². The van der Waals surface area contributed by atoms with E-state index in [0.29, 0.717) is 17.9 Å². The number of thiocarbonyl (C=S) groups is 1. The molecule has 0 aliphatic carbocycles. The predicted octanol–water partition coefficient (Wildman–Crippen LogP) is 4.46. The summed E-state index contributed by atoms with van der Waals surface area (Å²) >= 11 is 5.24. The highest BCUT2D eigenvalue weighted by Crippen LogP contribution is 2.16. The van der Waals surface area contributed by atoms with Gasteiger partial charge >= 0.3 is 0 Å². The minimum Gasteiger partial charge on any atom is -0.489 e. The molecular weight excluding hydrogens is 382 g/mol. The van der Waals surface area contributed by atoms with Gasteiger partial charge in [-0.25, -0.2) is 0 Å². The molecule has 0 bridgehead atoms. The Kier molecular flexibility index (Phi) is 6.81. The largest absolute Gasteiger partial charge is 0.489 e. The molecule has 0 unspecified atom stereocenters. The molecule has 0 saturated carbocycles. The van der Waals surface area contributed by atoms with Crippen molar-refractivity contribution in [3.8, 4) is 5.75 Å². The normalized spacial score (nSPS) is 10.1. The Morgan fingerprint density at radius 1 is 0.931 bits per heavy atom. The lowest BCUT2D eigenvalue weighted by Crippen LogP contribution is -2.34. The zero-order valence-electron chi connectivity index (χ0n) is 16.4. The lowest BCUT2D eigenvalue weighted by molar-refractivity contribution is 0.0977. The van der Waals surface area contributed by atoms with Crippen LogP contribution in [0.25, 0.3) is 0 Å². The van der Waals surface area contributed by atoms with E-state index in [1.807, 2.05) is 73.6 Å². The van der Waals surface area contributed by atoms with E-state index in [9.17, 15) is 4.79 Å². The van der Waals surface area contributed by atoms with Gasteiger partial charge in [0.1, 0.15) is 12.4 Å². The van der Waals surface area contributed by atoms with Gasteiger partial charge in [0.15, 0.2) is 5.11 Å². The minimum absolute atomic E-state index is 0.247. The number of anilines is 2. The smallest absolute Gasteiger partial charge is 0.257 e. The Bertz CT molecular complexity index is 956. The maximum atomic E-state index is 12.4. The highest BCUT2D eigenvalue weighted by Gasteiger charge is 2.08. The molecule has 0 heterocycles. The fourth-order valence-corrected chi connectivity index (χ4v) is 2.83. The van der Waals surface area contributed by atoms with Crippen molar-refractivity contribution in [2.45, 2.75) is 6.61 Å². The van der Waals surface area contributed by atoms with Crippen molar-refractivity contribution < 1.29 is 9.53 Å². The van der Waals surface area contributed by atoms with E-state index in [0.717, 1.165) is 16.9 Å². The zero-order chi connectivity index (χ0) is 20.6. The molecule has 3 aromatic rings. The molecule has 29 heavy (non-hydrogen) atoms. The zero-order valence-corrected chi connectivity index (χ0v) is 17.2. The van der Waals surface area contributed by atoms with Crippen molar-refractivity contribution in [1.82, 2.24) is 5.32 Å². The van der Waals surface area contributed by atoms with Crippen LogP contribution in [-0.4, -0.2) is 25.1 Å². The molecule has 0 aliphatic rings. The summed E-state index contributed by atoms with van der Waals surface area (Å²) in [5.74, 6) is 0.425. The number of hydrogen-bond acceptors (Lipinski definition) is 4. The van der Waals surface area contributed by atoms with E-state index < -0.39 is 0 Å². The summed E-state index contributed by atoms with van der Waals surface area (Å²) in [4.78, 5) is 14.4. The first-order valence-electron chi connectivity index (χ1n) is 9.18. The van der Waals surface area contributed by atoms with Crippen LogP contribution in [0.1, 0.15) is 15.9 Å². The highest BCUT2D eigenvalue weighted by atomic mass is 32.1. The number of benzene rings is 3. The van der Waals surface area contributed by atoms with Crippen molar-refractivity contribution in [1.29, 1.82) is 0 Å². The van der Waals surface area contributed by atoms with Crippen LogP contribution in [0.2, 0.25) is 0 Å². The third-order valence-electron chi connectivity index (χ3n) is 4.23. The van der Waals surface area contributed by atoms with Gasteiger partial charge in [-0.2, -0.15) is 0 Å². The Hall–Kier alpha value is -3.38. The Labute approximate surface area is 176 Å². The summed E-state index contributed by atoms with van der Waals surface area (Å²) < 4.78 is 5.74. The summed E-state index contributed by atoms with van der Waals surface area (Å²) in [6.45, 7) is 0.479. The van der Waals surface area contributed by atoms with Crippen LogP contribution in [0.3, 0.4) is 0 Å². The number of carbonyl (C=O) groups excluding carboxylic acids is 1. The number of nitrogens with one attached hydrogen (secondary N) is 2. The second-order valence-electron chi connectivity index (χ2n) is 6.65. The van der Waals surface area contributed by atoms with E-state index in [1.165, 1.54) is 0 Å². The average molecular weight is 406 g/mol. The third kappa shape index (κ3) is 6.05. The number of rotatable bonds is 6. The van der Waals surface area contributed by atoms with Gasteiger partial charge in [0.25, 0.3) is 5.91 Å². The quantitative estimate of drug-likeness (QED) is 0.593. The van der Waals surface area contributed by atoms with Crippen molar-refractivity contribution in [3.63, 3.8) is 0 Å². The molecule has 0 saturated heterocycles. The Morgan fingerprint density at radius 3 is 2.21 bits per heavy atom. The van der Waals surface area contributed by atoms with Crippen LogP contribution in [0.5, 0.6) is 5.75 Å². The first-order valence-corrected chi connectivity index (χ1v) is 9.58. The van der Waals surface area contributed by atoms with Crippen LogP contribution < -0.4 is 20.3 Å². The summed E-state index contributed by atoms with van der Waals surface area (Å²) in [6.07, 6.45) is 0. The summed E-state index contributed by atoms with van der Waals surface area (Å²) in [5, 5.41) is 5.95. The molecule has 3 rings (SSSR count). The first-order chi connectivity index (χ1) is 14.0. The van der Waals surface area contributed by atoms with Crippen molar-refractivity contribution in [3.05, 3.63) is 90.0 Å². The molecule has 0 aromatic heterocycles. The maximum absolute atomic E-state index is 12.4. The monoisotopic (exact) mass is 405 g/mol. The van der Waals surface area contributed by atoms with Crippen molar-refractivity contribution in [2.75, 3.05) is 24.3 Å². The van der Waals surface area contributed by atoms with E-state index in [1.54, 1.807) is 24.3 Å². The lowest BCUT2D eigenvalue weighted by Gasteiger charge is -2.14. The van der Waals surface area contributed by atoms with Crippen LogP contribution in [0.15, 0.2) is 78.9 Å². The van der Waals surface area contributed by atoms with Crippen LogP contribution in [0, 0.1) is 0 Å². The molecule has 148 valence electrons. The molecular formula is C23H23N3O2S. The fourth-order valence-electron chi connectivity index (χ4n) is 2.62. The van der Waals surface area contributed by atoms with Crippen LogP contribution in [-0.2, 0) is 6.61 Å². The molecule has 2 N–H and O–H groups in total. The number of carbonyl (C=O) groups is 1. The van der Waals surface area contributed by atoms with Gasteiger partial charge in [-0.3, -0.25) is 10.1 Å². The minimum atomic E-state index is -0.276. The summed E-state index contributed by atoms with van der Waals surface area (Å²) in [7, 11) is 3.95. The number of amides is 1. The van der Waals surface area contributed by atoms with E-state index >= 15 is 0 Å². The fraction of sp³-hybridized carbons (Fsp3) is 0.130. The second kappa shape index (κ2) is 9.71. The van der Waals surface area contributed by atoms with Gasteiger partial charge in [-0.15, -0.1) is 0 Å². The number of ether oxygens (including phenoxy) is 1. The van der Waals surface area contributed by atoms with Gasteiger partial charge in [-0.05, 0) is 66.3 Å². The lowest BCUT2D eigenvalue weighted by atomic mass is 10.2. The molecule has 5 nitrogen and oxygen atoms in total. The molecule has 0 aliphatic heterocycles. The van der Waals surface area contributed by atoms with Crippen molar-refractivity contribution >= 4 is 34.6 Å². The van der Waals surface area contributed by atoms with Crippen molar-refractivity contribution in [2.24, 2.45) is 0 Å². The highest BCUT2D eigenvalue weighted by molar-refractivity contribution is 7.80. The maximum Gasteiger partial charge on any atom is 0.257 e. The standard InChI is InChI=1S/C23H23N3O2S/c1-26(2)20-12-10-19(11-13-20)24-23(29)25-22(27)18-8-14-21(15-9-18)28-16-17-6-4-3-5-7-17/h3-15H,16H2,1-2H3,(H2,24,25,27,29). The molecule has 0 atom stereocenters. The van der Waals surface area contributed by atoms with Gasteiger partial charge in [-0.1, -0.05) is 30.3 Å².